The number of H-pyrrole nitrogens is 1. The number of aromatic amines is 1. The van der Waals surface area contributed by atoms with Crippen molar-refractivity contribution in [3.63, 3.8) is 0 Å². The first-order chi connectivity index (χ1) is 8.56. The fourth-order valence-corrected chi connectivity index (χ4v) is 2.26. The van der Waals surface area contributed by atoms with Gasteiger partial charge in [0.25, 0.3) is 0 Å². The lowest BCUT2D eigenvalue weighted by Gasteiger charge is -2.22. The summed E-state index contributed by atoms with van der Waals surface area (Å²) in [7, 11) is 2.11. The molecular formula is C13H21N5. The van der Waals surface area contributed by atoms with E-state index >= 15 is 0 Å². The Morgan fingerprint density at radius 1 is 1.39 bits per heavy atom. The first kappa shape index (κ1) is 12.8. The summed E-state index contributed by atoms with van der Waals surface area (Å²) in [5.74, 6) is 2.08. The molecule has 2 aromatic rings. The summed E-state index contributed by atoms with van der Waals surface area (Å²) in [5.41, 5.74) is 1.11. The molecule has 2 aromatic heterocycles. The summed E-state index contributed by atoms with van der Waals surface area (Å²) in [6.45, 7) is 8.07. The number of aromatic nitrogens is 4. The van der Waals surface area contributed by atoms with Gasteiger partial charge in [0, 0.05) is 36.9 Å². The van der Waals surface area contributed by atoms with Crippen molar-refractivity contribution < 1.29 is 0 Å². The first-order valence-corrected chi connectivity index (χ1v) is 6.24. The molecule has 0 saturated carbocycles. The van der Waals surface area contributed by atoms with Crippen LogP contribution in [-0.4, -0.2) is 38.0 Å². The van der Waals surface area contributed by atoms with Gasteiger partial charge in [-0.3, -0.25) is 4.90 Å². The molecule has 0 aliphatic carbocycles. The standard InChI is InChI=1S/C13H21N5/c1-10-7-15-13(16-10)9-17(4)8-11(2)18-6-5-14-12(18)3/h5-7,11H,8-9H2,1-4H3,(H,15,16). The van der Waals surface area contributed by atoms with Crippen molar-refractivity contribution in [1.29, 1.82) is 0 Å². The van der Waals surface area contributed by atoms with E-state index in [-0.39, 0.29) is 0 Å². The quantitative estimate of drug-likeness (QED) is 0.878. The molecule has 18 heavy (non-hydrogen) atoms. The Hall–Kier alpha value is -1.62. The molecule has 0 aliphatic heterocycles. The van der Waals surface area contributed by atoms with E-state index in [9.17, 15) is 0 Å². The molecule has 1 N–H and O–H groups in total. The van der Waals surface area contributed by atoms with Gasteiger partial charge in [-0.25, -0.2) is 9.97 Å². The summed E-state index contributed by atoms with van der Waals surface area (Å²) in [6.07, 6.45) is 5.75. The van der Waals surface area contributed by atoms with Gasteiger partial charge in [-0.15, -0.1) is 0 Å². The van der Waals surface area contributed by atoms with Crippen LogP contribution in [0.5, 0.6) is 0 Å². The highest BCUT2D eigenvalue weighted by molar-refractivity contribution is 4.98. The topological polar surface area (TPSA) is 49.7 Å². The van der Waals surface area contributed by atoms with Crippen LogP contribution >= 0.6 is 0 Å². The zero-order valence-electron chi connectivity index (χ0n) is 11.5. The zero-order valence-corrected chi connectivity index (χ0v) is 11.5. The summed E-state index contributed by atoms with van der Waals surface area (Å²) < 4.78 is 2.20. The molecule has 2 rings (SSSR count). The first-order valence-electron chi connectivity index (χ1n) is 6.24. The number of nitrogens with one attached hydrogen (secondary N) is 1. The van der Waals surface area contributed by atoms with Crippen LogP contribution in [-0.2, 0) is 6.54 Å². The lowest BCUT2D eigenvalue weighted by atomic mass is 10.3. The van der Waals surface area contributed by atoms with Crippen molar-refractivity contribution in [1.82, 2.24) is 24.4 Å². The lowest BCUT2D eigenvalue weighted by Crippen LogP contribution is -2.26. The molecule has 0 amide bonds. The Bertz CT molecular complexity index is 499. The SMILES string of the molecule is Cc1cnc(CN(C)CC(C)n2ccnc2C)[nH]1. The van der Waals surface area contributed by atoms with Gasteiger partial charge in [0.1, 0.15) is 11.6 Å². The van der Waals surface area contributed by atoms with E-state index in [1.165, 1.54) is 0 Å². The number of hydrogen-bond donors (Lipinski definition) is 1. The van der Waals surface area contributed by atoms with Crippen molar-refractivity contribution in [2.75, 3.05) is 13.6 Å². The Balaban J connectivity index is 1.91. The van der Waals surface area contributed by atoms with Crippen LogP contribution in [0.1, 0.15) is 30.3 Å². The second kappa shape index (κ2) is 5.35. The number of imidazole rings is 2. The van der Waals surface area contributed by atoms with Crippen molar-refractivity contribution in [3.05, 3.63) is 35.9 Å². The molecule has 98 valence electrons. The Labute approximate surface area is 108 Å². The van der Waals surface area contributed by atoms with Gasteiger partial charge in [0.05, 0.1) is 6.54 Å². The van der Waals surface area contributed by atoms with E-state index in [4.69, 9.17) is 0 Å². The van der Waals surface area contributed by atoms with Crippen LogP contribution in [0.3, 0.4) is 0 Å². The van der Waals surface area contributed by atoms with Crippen molar-refractivity contribution in [2.24, 2.45) is 0 Å². The van der Waals surface area contributed by atoms with Crippen molar-refractivity contribution in [3.8, 4) is 0 Å². The van der Waals surface area contributed by atoms with E-state index in [1.54, 1.807) is 0 Å². The van der Waals surface area contributed by atoms with Crippen LogP contribution in [0, 0.1) is 13.8 Å². The van der Waals surface area contributed by atoms with E-state index in [2.05, 4.69) is 38.4 Å². The van der Waals surface area contributed by atoms with Gasteiger partial charge in [-0.1, -0.05) is 0 Å². The number of hydrogen-bond acceptors (Lipinski definition) is 3. The van der Waals surface area contributed by atoms with Gasteiger partial charge >= 0.3 is 0 Å². The molecule has 0 aliphatic rings. The maximum Gasteiger partial charge on any atom is 0.120 e. The molecule has 2 heterocycles. The third-order valence-electron chi connectivity index (χ3n) is 3.09. The molecule has 5 nitrogen and oxygen atoms in total. The van der Waals surface area contributed by atoms with Gasteiger partial charge < -0.3 is 9.55 Å². The predicted octanol–water partition coefficient (Wildman–Crippen LogP) is 1.92. The van der Waals surface area contributed by atoms with Crippen LogP contribution < -0.4 is 0 Å². The molecule has 0 bridgehead atoms. The zero-order chi connectivity index (χ0) is 13.1. The average molecular weight is 247 g/mol. The largest absolute Gasteiger partial charge is 0.345 e. The number of rotatable bonds is 5. The second-order valence-corrected chi connectivity index (χ2v) is 4.94. The molecule has 1 unspecified atom stereocenters. The number of nitrogens with zero attached hydrogens (tertiary/aromatic N) is 4. The fourth-order valence-electron chi connectivity index (χ4n) is 2.26. The van der Waals surface area contributed by atoms with Gasteiger partial charge in [-0.2, -0.15) is 0 Å². The predicted molar refractivity (Wildman–Crippen MR) is 71.3 cm³/mol. The normalized spacial score (nSPS) is 13.2. The molecule has 1 atom stereocenters. The van der Waals surface area contributed by atoms with E-state index in [0.29, 0.717) is 6.04 Å². The Morgan fingerprint density at radius 3 is 2.72 bits per heavy atom. The van der Waals surface area contributed by atoms with Crippen molar-refractivity contribution in [2.45, 2.75) is 33.4 Å². The highest BCUT2D eigenvalue weighted by Crippen LogP contribution is 2.11. The minimum atomic E-state index is 0.411. The van der Waals surface area contributed by atoms with Crippen LogP contribution in [0.2, 0.25) is 0 Å². The van der Waals surface area contributed by atoms with Gasteiger partial charge in [-0.05, 0) is 27.8 Å². The summed E-state index contributed by atoms with van der Waals surface area (Å²) in [6, 6.07) is 0.411. The number of likely N-dealkylation sites (N-methyl/N-ethyl adjacent to an activating group) is 1. The van der Waals surface area contributed by atoms with Crippen LogP contribution in [0.4, 0.5) is 0 Å². The van der Waals surface area contributed by atoms with Gasteiger partial charge in [0.15, 0.2) is 0 Å². The Kier molecular flexibility index (Phi) is 3.81. The minimum absolute atomic E-state index is 0.411. The third-order valence-corrected chi connectivity index (χ3v) is 3.09. The molecule has 0 radical (unpaired) electrons. The maximum atomic E-state index is 4.33. The molecule has 5 heteroatoms. The minimum Gasteiger partial charge on any atom is -0.345 e. The average Bonchev–Trinajstić information content (AvgIpc) is 2.87. The Morgan fingerprint density at radius 2 is 2.17 bits per heavy atom. The summed E-state index contributed by atoms with van der Waals surface area (Å²) in [4.78, 5) is 14.1. The van der Waals surface area contributed by atoms with E-state index in [0.717, 1.165) is 30.4 Å². The van der Waals surface area contributed by atoms with Crippen LogP contribution in [0.15, 0.2) is 18.6 Å². The van der Waals surface area contributed by atoms with E-state index < -0.39 is 0 Å². The highest BCUT2D eigenvalue weighted by Gasteiger charge is 2.11. The smallest absolute Gasteiger partial charge is 0.120 e. The molecular weight excluding hydrogens is 226 g/mol. The van der Waals surface area contributed by atoms with Crippen LogP contribution in [0.25, 0.3) is 0 Å². The highest BCUT2D eigenvalue weighted by atomic mass is 15.2. The maximum absolute atomic E-state index is 4.33. The molecule has 0 aromatic carbocycles. The molecule has 0 saturated heterocycles. The lowest BCUT2D eigenvalue weighted by molar-refractivity contribution is 0.271. The molecule has 0 spiro atoms. The molecule has 0 fully saturated rings. The monoisotopic (exact) mass is 247 g/mol. The summed E-state index contributed by atoms with van der Waals surface area (Å²) >= 11 is 0. The number of aryl methyl sites for hydroxylation is 2. The third kappa shape index (κ3) is 2.98. The van der Waals surface area contributed by atoms with Gasteiger partial charge in [0.2, 0.25) is 0 Å². The summed E-state index contributed by atoms with van der Waals surface area (Å²) in [5, 5.41) is 0. The fraction of sp³-hybridized carbons (Fsp3) is 0.538. The van der Waals surface area contributed by atoms with E-state index in [1.807, 2.05) is 32.4 Å². The second-order valence-electron chi connectivity index (χ2n) is 4.94. The van der Waals surface area contributed by atoms with Crippen molar-refractivity contribution >= 4 is 0 Å².